The molecular formula is C18H16F23N2O4+. The molecule has 47 heavy (non-hydrogen) atoms. The van der Waals surface area contributed by atoms with Crippen LogP contribution in [0.25, 0.3) is 0 Å². The maximum absolute atomic E-state index is 14.5. The van der Waals surface area contributed by atoms with Crippen LogP contribution in [0.5, 0.6) is 0 Å². The Morgan fingerprint density at radius 1 is 0.511 bits per heavy atom. The molecular weight excluding hydrogens is 745 g/mol. The molecule has 0 aliphatic rings. The van der Waals surface area contributed by atoms with E-state index in [9.17, 15) is 106 Å². The van der Waals surface area contributed by atoms with Gasteiger partial charge in [0.2, 0.25) is 0 Å². The van der Waals surface area contributed by atoms with E-state index in [1.807, 2.05) is 4.74 Å². The van der Waals surface area contributed by atoms with Crippen LogP contribution in [0.3, 0.4) is 0 Å². The smallest absolute Gasteiger partial charge is 0.351 e. The fraction of sp³-hybridized carbons (Fsp3) is 0.944. The summed E-state index contributed by atoms with van der Waals surface area (Å²) < 4.78 is 310. The molecule has 0 bridgehead atoms. The first-order valence-corrected chi connectivity index (χ1v) is 11.0. The highest BCUT2D eigenvalue weighted by atomic mass is 19.4. The monoisotopic (exact) mass is 761 g/mol. The van der Waals surface area contributed by atoms with Crippen molar-refractivity contribution in [2.45, 2.75) is 72.9 Å². The summed E-state index contributed by atoms with van der Waals surface area (Å²) in [5, 5.41) is 0.790. The Morgan fingerprint density at radius 3 is 1.15 bits per heavy atom. The number of carbonyl (C=O) groups is 1. The lowest BCUT2D eigenvalue weighted by atomic mass is 10.2. The van der Waals surface area contributed by atoms with Crippen LogP contribution in [0.15, 0.2) is 0 Å². The molecule has 0 radical (unpaired) electrons. The van der Waals surface area contributed by atoms with Gasteiger partial charge in [0, 0.05) is 13.0 Å². The molecule has 1 amide bonds. The summed E-state index contributed by atoms with van der Waals surface area (Å²) in [5.41, 5.74) is 0. The predicted molar refractivity (Wildman–Crippen MR) is 99.3 cm³/mol. The molecule has 0 fully saturated rings. The van der Waals surface area contributed by atoms with Gasteiger partial charge in [0.25, 0.3) is 5.91 Å². The Balaban J connectivity index is 7.11. The lowest BCUT2D eigenvalue weighted by Crippen LogP contribution is -2.71. The molecule has 3 atom stereocenters. The minimum Gasteiger partial charge on any atom is -0.351 e. The molecule has 0 saturated carbocycles. The lowest BCUT2D eigenvalue weighted by molar-refractivity contribution is -0.870. The average molecular weight is 761 g/mol. The van der Waals surface area contributed by atoms with Gasteiger partial charge in [-0.15, -0.1) is 0 Å². The molecule has 6 nitrogen and oxygen atoms in total. The van der Waals surface area contributed by atoms with Crippen LogP contribution in [-0.4, -0.2) is 111 Å². The standard InChI is InChI=1S/C18H15F23N2O4/c1-43(2,3)6-4-5-42-7(44)8(19,12(24,25)26)45-17(38,39)10(22,14(30,31)32)47-18(40,41)11(23,15(33,34)35)46-16(36,37)9(20,21)13(27,28)29/h4-6H2,1-3H3/p+1. The molecule has 3 unspecified atom stereocenters. The van der Waals surface area contributed by atoms with Crippen molar-refractivity contribution in [1.29, 1.82) is 0 Å². The predicted octanol–water partition coefficient (Wildman–Crippen LogP) is 6.91. The first kappa shape index (κ1) is 44.7. The minimum atomic E-state index is -8.74. The van der Waals surface area contributed by atoms with E-state index in [-0.39, 0.29) is 11.0 Å². The lowest BCUT2D eigenvalue weighted by Gasteiger charge is -2.42. The molecule has 0 rings (SSSR count). The van der Waals surface area contributed by atoms with Crippen molar-refractivity contribution in [3.8, 4) is 0 Å². The molecule has 0 aliphatic carbocycles. The van der Waals surface area contributed by atoms with Gasteiger partial charge >= 0.3 is 66.5 Å². The summed E-state index contributed by atoms with van der Waals surface area (Å²) in [6.07, 6.45) is -58.0. The van der Waals surface area contributed by atoms with Crippen molar-refractivity contribution in [2.24, 2.45) is 0 Å². The largest absolute Gasteiger partial charge is 0.462 e. The number of hydrogen-bond donors (Lipinski definition) is 1. The van der Waals surface area contributed by atoms with Gasteiger partial charge in [0.15, 0.2) is 0 Å². The van der Waals surface area contributed by atoms with Crippen molar-refractivity contribution < 1.29 is 124 Å². The summed E-state index contributed by atoms with van der Waals surface area (Å²) in [6, 6.07) is 0. The molecule has 0 aromatic rings. The molecule has 0 spiro atoms. The van der Waals surface area contributed by atoms with Crippen LogP contribution >= 0.6 is 0 Å². The molecule has 282 valence electrons. The second kappa shape index (κ2) is 12.5. The number of nitrogens with one attached hydrogen (secondary N) is 1. The normalized spacial score (nSPS) is 19.1. The second-order valence-corrected chi connectivity index (χ2v) is 9.83. The highest BCUT2D eigenvalue weighted by Gasteiger charge is 2.88. The quantitative estimate of drug-likeness (QED) is 0.119. The number of carbonyl (C=O) groups excluding carboxylic acids is 1. The number of quaternary nitrogens is 1. The van der Waals surface area contributed by atoms with E-state index in [2.05, 4.69) is 0 Å². The summed E-state index contributed by atoms with van der Waals surface area (Å²) in [6.45, 7) is -1.36. The van der Waals surface area contributed by atoms with E-state index in [4.69, 9.17) is 0 Å². The minimum absolute atomic E-state index is 0.0799. The van der Waals surface area contributed by atoms with Crippen molar-refractivity contribution >= 4 is 5.91 Å². The van der Waals surface area contributed by atoms with Gasteiger partial charge in [-0.05, 0) is 0 Å². The summed E-state index contributed by atoms with van der Waals surface area (Å²) >= 11 is 0. The number of amides is 1. The molecule has 0 saturated heterocycles. The Labute approximate surface area is 244 Å². The maximum atomic E-state index is 14.5. The van der Waals surface area contributed by atoms with Crippen LogP contribution in [0.2, 0.25) is 0 Å². The number of ether oxygens (including phenoxy) is 3. The number of alkyl halides is 23. The number of rotatable bonds is 14. The Morgan fingerprint density at radius 2 is 0.851 bits per heavy atom. The van der Waals surface area contributed by atoms with Crippen LogP contribution in [0.4, 0.5) is 101 Å². The first-order valence-electron chi connectivity index (χ1n) is 11.0. The third-order valence-electron chi connectivity index (χ3n) is 4.95. The van der Waals surface area contributed by atoms with Gasteiger partial charge in [-0.1, -0.05) is 0 Å². The van der Waals surface area contributed by atoms with Gasteiger partial charge in [0.1, 0.15) is 0 Å². The molecule has 0 aromatic heterocycles. The fourth-order valence-corrected chi connectivity index (χ4v) is 2.56. The van der Waals surface area contributed by atoms with Crippen LogP contribution in [-0.2, 0) is 19.0 Å². The van der Waals surface area contributed by atoms with E-state index >= 15 is 0 Å². The Kier molecular flexibility index (Phi) is 11.9. The zero-order valence-electron chi connectivity index (χ0n) is 22.4. The number of hydrogen-bond acceptors (Lipinski definition) is 4. The summed E-state index contributed by atoms with van der Waals surface area (Å²) in [4.78, 5) is 11.7. The Bertz CT molecular complexity index is 1090. The maximum Gasteiger partial charge on any atom is 0.462 e. The highest BCUT2D eigenvalue weighted by molar-refractivity contribution is 5.84. The van der Waals surface area contributed by atoms with Gasteiger partial charge in [-0.25, -0.2) is 0 Å². The van der Waals surface area contributed by atoms with Gasteiger partial charge < -0.3 is 9.80 Å². The van der Waals surface area contributed by atoms with Crippen molar-refractivity contribution in [3.63, 3.8) is 0 Å². The van der Waals surface area contributed by atoms with Crippen molar-refractivity contribution in [1.82, 2.24) is 5.32 Å². The van der Waals surface area contributed by atoms with E-state index < -0.39 is 85.4 Å². The zero-order chi connectivity index (χ0) is 38.5. The molecule has 0 heterocycles. The zero-order valence-corrected chi connectivity index (χ0v) is 22.4. The fourth-order valence-electron chi connectivity index (χ4n) is 2.56. The molecule has 0 aliphatic heterocycles. The SMILES string of the molecule is C[N+](C)(C)CCCNC(=O)C(F)(OC(F)(F)C(F)(OC(F)(F)C(F)(OC(F)(F)C(F)(F)C(F)(F)F)C(F)(F)F)C(F)(F)F)C(F)(F)F. The van der Waals surface area contributed by atoms with Crippen LogP contribution < -0.4 is 5.32 Å². The summed E-state index contributed by atoms with van der Waals surface area (Å²) in [7, 11) is 4.15. The molecule has 0 aromatic carbocycles. The summed E-state index contributed by atoms with van der Waals surface area (Å²) in [5.74, 6) is -36.1. The topological polar surface area (TPSA) is 56.8 Å². The number of nitrogens with zero attached hydrogens (tertiary/aromatic N) is 1. The highest BCUT2D eigenvalue weighted by Crippen LogP contribution is 2.59. The third-order valence-corrected chi connectivity index (χ3v) is 4.95. The van der Waals surface area contributed by atoms with E-state index in [1.165, 1.54) is 25.9 Å². The first-order chi connectivity index (χ1) is 20.0. The molecule has 1 N–H and O–H groups in total. The van der Waals surface area contributed by atoms with Crippen molar-refractivity contribution in [3.05, 3.63) is 0 Å². The Hall–Kier alpha value is -2.30. The number of halogens is 23. The third kappa shape index (κ3) is 8.84. The van der Waals surface area contributed by atoms with Crippen LogP contribution in [0.1, 0.15) is 6.42 Å². The molecule has 29 heteroatoms. The average Bonchev–Trinajstić information content (AvgIpc) is 2.76. The second-order valence-electron chi connectivity index (χ2n) is 9.83. The van der Waals surface area contributed by atoms with E-state index in [1.54, 1.807) is 0 Å². The van der Waals surface area contributed by atoms with E-state index in [0.717, 1.165) is 10.1 Å². The van der Waals surface area contributed by atoms with Crippen LogP contribution in [0, 0.1) is 0 Å². The van der Waals surface area contributed by atoms with Gasteiger partial charge in [-0.3, -0.25) is 19.0 Å². The van der Waals surface area contributed by atoms with Gasteiger partial charge in [0.05, 0.1) is 27.7 Å². The van der Waals surface area contributed by atoms with E-state index in [0.29, 0.717) is 0 Å². The van der Waals surface area contributed by atoms with Crippen molar-refractivity contribution in [2.75, 3.05) is 34.2 Å². The van der Waals surface area contributed by atoms with Gasteiger partial charge in [-0.2, -0.15) is 101 Å².